The third-order valence-corrected chi connectivity index (χ3v) is 5.46. The van der Waals surface area contributed by atoms with Gasteiger partial charge in [0.1, 0.15) is 0 Å². The Morgan fingerprint density at radius 3 is 2.61 bits per heavy atom. The minimum absolute atomic E-state index is 0.119. The van der Waals surface area contributed by atoms with E-state index < -0.39 is 24.5 Å². The molecule has 7 nitrogen and oxygen atoms in total. The molecule has 1 atom stereocenters. The summed E-state index contributed by atoms with van der Waals surface area (Å²) in [7, 11) is 0. The van der Waals surface area contributed by atoms with E-state index in [2.05, 4.69) is 12.2 Å². The molecule has 0 radical (unpaired) electrons. The number of anilines is 1. The quantitative estimate of drug-likeness (QED) is 0.610. The van der Waals surface area contributed by atoms with Crippen molar-refractivity contribution < 1.29 is 24.2 Å². The van der Waals surface area contributed by atoms with E-state index in [9.17, 15) is 14.4 Å². The van der Waals surface area contributed by atoms with Gasteiger partial charge in [0.15, 0.2) is 6.61 Å². The molecule has 31 heavy (non-hydrogen) atoms. The van der Waals surface area contributed by atoms with E-state index in [1.807, 2.05) is 24.3 Å². The van der Waals surface area contributed by atoms with Crippen LogP contribution in [-0.4, -0.2) is 34.5 Å². The molecule has 0 saturated carbocycles. The highest BCUT2D eigenvalue weighted by Gasteiger charge is 2.26. The first-order valence-electron chi connectivity index (χ1n) is 10.1. The molecule has 1 aliphatic carbocycles. The van der Waals surface area contributed by atoms with E-state index in [4.69, 9.17) is 14.8 Å². The molecule has 4 rings (SSSR count). The highest BCUT2D eigenvalue weighted by molar-refractivity contribution is 6.06. The lowest BCUT2D eigenvalue weighted by Gasteiger charge is -2.24. The molecule has 1 unspecified atom stereocenters. The third kappa shape index (κ3) is 4.40. The summed E-state index contributed by atoms with van der Waals surface area (Å²) in [5.74, 6) is -1.65. The van der Waals surface area contributed by atoms with E-state index in [0.29, 0.717) is 17.2 Å². The van der Waals surface area contributed by atoms with Crippen LogP contribution >= 0.6 is 0 Å². The average Bonchev–Trinajstić information content (AvgIpc) is 2.76. The van der Waals surface area contributed by atoms with Crippen LogP contribution in [0.3, 0.4) is 0 Å². The summed E-state index contributed by atoms with van der Waals surface area (Å²) in [5.41, 5.74) is 3.61. The Morgan fingerprint density at radius 2 is 1.87 bits per heavy atom. The Balaban J connectivity index is 1.51. The molecule has 1 aliphatic rings. The Hall–Kier alpha value is -3.74. The molecule has 0 fully saturated rings. The number of esters is 1. The van der Waals surface area contributed by atoms with Gasteiger partial charge in [-0.05, 0) is 61.1 Å². The topological polar surface area (TPSA) is 106 Å². The van der Waals surface area contributed by atoms with Gasteiger partial charge in [0.2, 0.25) is 0 Å². The lowest BCUT2D eigenvalue weighted by Crippen LogP contribution is -2.23. The van der Waals surface area contributed by atoms with Crippen molar-refractivity contribution in [1.82, 2.24) is 4.98 Å². The second-order valence-electron chi connectivity index (χ2n) is 7.78. The van der Waals surface area contributed by atoms with Gasteiger partial charge in [-0.3, -0.25) is 9.78 Å². The fourth-order valence-electron chi connectivity index (χ4n) is 3.89. The number of carbonyl (C=O) groups excluding carboxylic acids is 2. The zero-order valence-electron chi connectivity index (χ0n) is 17.1. The number of para-hydroxylation sites is 1. The van der Waals surface area contributed by atoms with Crippen LogP contribution in [0, 0.1) is 5.92 Å². The molecule has 3 aromatic rings. The maximum Gasteiger partial charge on any atom is 0.339 e. The first kappa shape index (κ1) is 20.5. The van der Waals surface area contributed by atoms with Crippen LogP contribution in [0.2, 0.25) is 0 Å². The summed E-state index contributed by atoms with van der Waals surface area (Å²) in [6.45, 7) is 1.71. The molecule has 1 amide bonds. The first-order chi connectivity index (χ1) is 14.9. The van der Waals surface area contributed by atoms with Gasteiger partial charge in [0.25, 0.3) is 5.91 Å². The summed E-state index contributed by atoms with van der Waals surface area (Å²) >= 11 is 0. The number of rotatable bonds is 5. The Kier molecular flexibility index (Phi) is 5.66. The van der Waals surface area contributed by atoms with Gasteiger partial charge < -0.3 is 15.2 Å². The predicted octanol–water partition coefficient (Wildman–Crippen LogP) is 3.85. The minimum atomic E-state index is -1.05. The molecule has 2 N–H and O–H groups in total. The standard InChI is InChI=1S/C24H22N2O5/c1-14-6-11-20-18(12-14)22(17-4-2-3-5-19(17)26-20)24(30)31-13-21(27)25-16-9-7-15(8-10-16)23(28)29/h2-5,7-10,14H,6,11-13H2,1H3,(H,25,27)(H,28,29). The normalized spacial score (nSPS) is 15.2. The van der Waals surface area contributed by atoms with E-state index in [0.717, 1.165) is 41.4 Å². The van der Waals surface area contributed by atoms with Crippen molar-refractivity contribution in [1.29, 1.82) is 0 Å². The number of amides is 1. The number of aromatic carboxylic acids is 1. The Labute approximate surface area is 179 Å². The molecule has 1 heterocycles. The highest BCUT2D eigenvalue weighted by Crippen LogP contribution is 2.32. The van der Waals surface area contributed by atoms with Gasteiger partial charge in [0, 0.05) is 16.8 Å². The van der Waals surface area contributed by atoms with Gasteiger partial charge >= 0.3 is 11.9 Å². The maximum atomic E-state index is 13.0. The Morgan fingerprint density at radius 1 is 1.13 bits per heavy atom. The highest BCUT2D eigenvalue weighted by atomic mass is 16.5. The number of hydrogen-bond donors (Lipinski definition) is 2. The van der Waals surface area contributed by atoms with Gasteiger partial charge in [0.05, 0.1) is 16.6 Å². The number of carboxylic acid groups (broad SMARTS) is 1. The van der Waals surface area contributed by atoms with Crippen LogP contribution in [0.1, 0.15) is 45.3 Å². The summed E-state index contributed by atoms with van der Waals surface area (Å²) in [4.78, 5) is 40.9. The van der Waals surface area contributed by atoms with E-state index in [1.165, 1.54) is 24.3 Å². The third-order valence-electron chi connectivity index (χ3n) is 5.46. The fourth-order valence-corrected chi connectivity index (χ4v) is 3.89. The van der Waals surface area contributed by atoms with Crippen molar-refractivity contribution in [2.24, 2.45) is 5.92 Å². The van der Waals surface area contributed by atoms with Gasteiger partial charge in [-0.2, -0.15) is 0 Å². The summed E-state index contributed by atoms with van der Waals surface area (Å²) in [5, 5.41) is 12.3. The molecule has 0 aliphatic heterocycles. The zero-order chi connectivity index (χ0) is 22.0. The van der Waals surface area contributed by atoms with Crippen LogP contribution in [0.4, 0.5) is 5.69 Å². The summed E-state index contributed by atoms with van der Waals surface area (Å²) in [6.07, 6.45) is 2.59. The van der Waals surface area contributed by atoms with Crippen LogP contribution in [-0.2, 0) is 22.4 Å². The average molecular weight is 418 g/mol. The van der Waals surface area contributed by atoms with Crippen LogP contribution in [0.5, 0.6) is 0 Å². The number of aromatic nitrogens is 1. The Bertz CT molecular complexity index is 1170. The lowest BCUT2D eigenvalue weighted by molar-refractivity contribution is -0.119. The number of pyridine rings is 1. The van der Waals surface area contributed by atoms with E-state index >= 15 is 0 Å². The molecule has 0 saturated heterocycles. The lowest BCUT2D eigenvalue weighted by atomic mass is 9.84. The molecular weight excluding hydrogens is 396 g/mol. The number of nitrogens with zero attached hydrogens (tertiary/aromatic N) is 1. The molecule has 1 aromatic heterocycles. The van der Waals surface area contributed by atoms with Crippen LogP contribution in [0.25, 0.3) is 10.9 Å². The van der Waals surface area contributed by atoms with E-state index in [1.54, 1.807) is 0 Å². The maximum absolute atomic E-state index is 13.0. The van der Waals surface area contributed by atoms with Crippen molar-refractivity contribution in [3.63, 3.8) is 0 Å². The van der Waals surface area contributed by atoms with Crippen molar-refractivity contribution in [3.8, 4) is 0 Å². The van der Waals surface area contributed by atoms with Gasteiger partial charge in [-0.1, -0.05) is 25.1 Å². The predicted molar refractivity (Wildman–Crippen MR) is 115 cm³/mol. The second kappa shape index (κ2) is 8.55. The fraction of sp³-hybridized carbons (Fsp3) is 0.250. The summed E-state index contributed by atoms with van der Waals surface area (Å²) in [6, 6.07) is 13.2. The van der Waals surface area contributed by atoms with E-state index in [-0.39, 0.29) is 5.56 Å². The van der Waals surface area contributed by atoms with Crippen molar-refractivity contribution in [3.05, 3.63) is 70.9 Å². The van der Waals surface area contributed by atoms with Crippen molar-refractivity contribution in [2.45, 2.75) is 26.2 Å². The van der Waals surface area contributed by atoms with Crippen LogP contribution < -0.4 is 5.32 Å². The smallest absolute Gasteiger partial charge is 0.339 e. The number of carboxylic acids is 1. The molecule has 2 aromatic carbocycles. The second-order valence-corrected chi connectivity index (χ2v) is 7.78. The number of fused-ring (bicyclic) bond motifs is 2. The molecular formula is C24H22N2O5. The number of benzene rings is 2. The zero-order valence-corrected chi connectivity index (χ0v) is 17.1. The number of aryl methyl sites for hydroxylation is 1. The largest absolute Gasteiger partial charge is 0.478 e. The number of ether oxygens (including phenoxy) is 1. The number of nitrogens with one attached hydrogen (secondary N) is 1. The molecule has 0 bridgehead atoms. The molecule has 0 spiro atoms. The van der Waals surface area contributed by atoms with Crippen molar-refractivity contribution in [2.75, 3.05) is 11.9 Å². The van der Waals surface area contributed by atoms with Gasteiger partial charge in [-0.25, -0.2) is 9.59 Å². The van der Waals surface area contributed by atoms with Crippen LogP contribution in [0.15, 0.2) is 48.5 Å². The number of carbonyl (C=O) groups is 3. The number of hydrogen-bond acceptors (Lipinski definition) is 5. The minimum Gasteiger partial charge on any atom is -0.478 e. The molecule has 158 valence electrons. The summed E-state index contributed by atoms with van der Waals surface area (Å²) < 4.78 is 5.36. The molecule has 7 heteroatoms. The first-order valence-corrected chi connectivity index (χ1v) is 10.1. The SMILES string of the molecule is CC1CCc2nc3ccccc3c(C(=O)OCC(=O)Nc3ccc(C(=O)O)cc3)c2C1. The van der Waals surface area contributed by atoms with Gasteiger partial charge in [-0.15, -0.1) is 0 Å². The van der Waals surface area contributed by atoms with Crippen molar-refractivity contribution >= 4 is 34.4 Å². The monoisotopic (exact) mass is 418 g/mol.